The minimum absolute atomic E-state index is 0.361. The van der Waals surface area contributed by atoms with Gasteiger partial charge in [0.2, 0.25) is 0 Å². The van der Waals surface area contributed by atoms with E-state index < -0.39 is 0 Å². The normalized spacial score (nSPS) is 28.1. The molecule has 2 aliphatic rings. The molecule has 86 valence electrons. The average Bonchev–Trinajstić information content (AvgIpc) is 2.80. The number of hydrogen-bond donors (Lipinski definition) is 0. The molecule has 1 saturated carbocycles. The van der Waals surface area contributed by atoms with Gasteiger partial charge in [-0.25, -0.2) is 0 Å². The Balaban J connectivity index is 1.66. The Labute approximate surface area is 97.4 Å². The van der Waals surface area contributed by atoms with Gasteiger partial charge in [0.1, 0.15) is 5.78 Å². The molecule has 2 heteroatoms. The first-order valence-electron chi connectivity index (χ1n) is 6.50. The highest BCUT2D eigenvalue weighted by Gasteiger charge is 2.23. The van der Waals surface area contributed by atoms with Gasteiger partial charge in [0.15, 0.2) is 0 Å². The third-order valence-electron chi connectivity index (χ3n) is 3.81. The van der Waals surface area contributed by atoms with Gasteiger partial charge in [0, 0.05) is 6.42 Å². The Bertz CT molecular complexity index is 203. The maximum absolute atomic E-state index is 11.9. The summed E-state index contributed by atoms with van der Waals surface area (Å²) in [6.45, 7) is 0. The molecule has 1 atom stereocenters. The lowest BCUT2D eigenvalue weighted by atomic mass is 9.98. The fourth-order valence-corrected chi connectivity index (χ4v) is 4.09. The highest BCUT2D eigenvalue weighted by atomic mass is 32.2. The van der Waals surface area contributed by atoms with Crippen molar-refractivity contribution >= 4 is 17.5 Å². The van der Waals surface area contributed by atoms with Gasteiger partial charge in [-0.2, -0.15) is 11.8 Å². The Kier molecular flexibility index (Phi) is 4.55. The number of carbonyl (C=O) groups excluding carboxylic acids is 1. The van der Waals surface area contributed by atoms with Gasteiger partial charge in [-0.15, -0.1) is 0 Å². The number of Topliss-reactive ketones (excluding diaryl/α,β-unsaturated/α-hetero) is 1. The fraction of sp³-hybridized carbons (Fsp3) is 0.923. The van der Waals surface area contributed by atoms with E-state index in [0.29, 0.717) is 11.0 Å². The molecule has 0 radical (unpaired) electrons. The molecule has 1 aliphatic carbocycles. The molecule has 1 unspecified atom stereocenters. The van der Waals surface area contributed by atoms with E-state index in [0.717, 1.165) is 18.8 Å². The molecular weight excluding hydrogens is 204 g/mol. The first-order valence-corrected chi connectivity index (χ1v) is 7.55. The summed E-state index contributed by atoms with van der Waals surface area (Å²) >= 11 is 1.90. The largest absolute Gasteiger partial charge is 0.298 e. The van der Waals surface area contributed by atoms with Crippen molar-refractivity contribution in [2.45, 2.75) is 63.0 Å². The van der Waals surface area contributed by atoms with E-state index in [-0.39, 0.29) is 0 Å². The van der Waals surface area contributed by atoms with E-state index in [1.165, 1.54) is 50.7 Å². The van der Waals surface area contributed by atoms with Crippen LogP contribution in [0.2, 0.25) is 0 Å². The van der Waals surface area contributed by atoms with E-state index in [9.17, 15) is 4.79 Å². The maximum atomic E-state index is 11.9. The van der Waals surface area contributed by atoms with Crippen molar-refractivity contribution < 1.29 is 4.79 Å². The molecule has 0 aromatic carbocycles. The minimum atomic E-state index is 0.361. The summed E-state index contributed by atoms with van der Waals surface area (Å²) in [4.78, 5) is 11.9. The first kappa shape index (κ1) is 11.5. The summed E-state index contributed by atoms with van der Waals surface area (Å²) in [6, 6.07) is 0. The molecule has 15 heavy (non-hydrogen) atoms. The highest BCUT2D eigenvalue weighted by Crippen LogP contribution is 2.31. The van der Waals surface area contributed by atoms with Crippen molar-refractivity contribution in [3.63, 3.8) is 0 Å². The van der Waals surface area contributed by atoms with Crippen molar-refractivity contribution in [1.29, 1.82) is 0 Å². The summed E-state index contributed by atoms with van der Waals surface area (Å²) in [5, 5.41) is 0.361. The first-order chi connectivity index (χ1) is 7.36. The molecule has 0 spiro atoms. The third kappa shape index (κ3) is 3.51. The van der Waals surface area contributed by atoms with Crippen LogP contribution in [0.1, 0.15) is 57.8 Å². The highest BCUT2D eigenvalue weighted by molar-refractivity contribution is 8.00. The molecule has 1 nitrogen and oxygen atoms in total. The van der Waals surface area contributed by atoms with Crippen LogP contribution in [0.4, 0.5) is 0 Å². The molecule has 0 aromatic heterocycles. The van der Waals surface area contributed by atoms with Crippen LogP contribution in [0.3, 0.4) is 0 Å². The number of rotatable bonds is 4. The minimum Gasteiger partial charge on any atom is -0.298 e. The summed E-state index contributed by atoms with van der Waals surface area (Å²) in [7, 11) is 0. The molecule has 1 heterocycles. The smallest absolute Gasteiger partial charge is 0.145 e. The number of carbonyl (C=O) groups is 1. The lowest BCUT2D eigenvalue weighted by Gasteiger charge is -2.20. The van der Waals surface area contributed by atoms with Crippen molar-refractivity contribution in [2.75, 3.05) is 5.75 Å². The van der Waals surface area contributed by atoms with Crippen molar-refractivity contribution in [3.8, 4) is 0 Å². The second-order valence-electron chi connectivity index (χ2n) is 5.01. The zero-order valence-corrected chi connectivity index (χ0v) is 10.4. The lowest BCUT2D eigenvalue weighted by molar-refractivity contribution is -0.119. The lowest BCUT2D eigenvalue weighted by Crippen LogP contribution is -2.21. The molecule has 2 rings (SSSR count). The van der Waals surface area contributed by atoms with Crippen LogP contribution in [0.25, 0.3) is 0 Å². The van der Waals surface area contributed by atoms with Crippen LogP contribution in [0.5, 0.6) is 0 Å². The SMILES string of the molecule is O=C(CCC1CCCC1)C1CCCCS1. The third-order valence-corrected chi connectivity index (χ3v) is 5.24. The van der Waals surface area contributed by atoms with Gasteiger partial charge in [0.25, 0.3) is 0 Å². The fourth-order valence-electron chi connectivity index (χ4n) is 2.80. The molecule has 2 fully saturated rings. The summed E-state index contributed by atoms with van der Waals surface area (Å²) < 4.78 is 0. The van der Waals surface area contributed by atoms with Crippen molar-refractivity contribution in [2.24, 2.45) is 5.92 Å². The second-order valence-corrected chi connectivity index (χ2v) is 6.32. The van der Waals surface area contributed by atoms with E-state index >= 15 is 0 Å². The number of hydrogen-bond acceptors (Lipinski definition) is 2. The average molecular weight is 226 g/mol. The van der Waals surface area contributed by atoms with Crippen molar-refractivity contribution in [1.82, 2.24) is 0 Å². The zero-order valence-electron chi connectivity index (χ0n) is 9.54. The van der Waals surface area contributed by atoms with Gasteiger partial charge in [-0.3, -0.25) is 4.79 Å². The van der Waals surface area contributed by atoms with Gasteiger partial charge < -0.3 is 0 Å². The predicted octanol–water partition coefficient (Wildman–Crippen LogP) is 3.81. The van der Waals surface area contributed by atoms with E-state index in [1.807, 2.05) is 11.8 Å². The summed E-state index contributed by atoms with van der Waals surface area (Å²) in [6.07, 6.45) is 11.3. The maximum Gasteiger partial charge on any atom is 0.145 e. The Hall–Kier alpha value is 0.0200. The van der Waals surface area contributed by atoms with Crippen LogP contribution in [0, 0.1) is 5.92 Å². The Morgan fingerprint density at radius 1 is 1.07 bits per heavy atom. The molecule has 1 aliphatic heterocycles. The number of ketones is 1. The Morgan fingerprint density at radius 3 is 2.47 bits per heavy atom. The predicted molar refractivity (Wildman–Crippen MR) is 66.3 cm³/mol. The molecule has 1 saturated heterocycles. The van der Waals surface area contributed by atoms with E-state index in [4.69, 9.17) is 0 Å². The Morgan fingerprint density at radius 2 is 1.80 bits per heavy atom. The summed E-state index contributed by atoms with van der Waals surface area (Å²) in [5.74, 6) is 2.63. The van der Waals surface area contributed by atoms with Crippen LogP contribution in [-0.4, -0.2) is 16.8 Å². The topological polar surface area (TPSA) is 17.1 Å². The number of thioether (sulfide) groups is 1. The van der Waals surface area contributed by atoms with Gasteiger partial charge in [0.05, 0.1) is 5.25 Å². The van der Waals surface area contributed by atoms with Crippen LogP contribution in [-0.2, 0) is 4.79 Å². The van der Waals surface area contributed by atoms with Crippen LogP contribution < -0.4 is 0 Å². The monoisotopic (exact) mass is 226 g/mol. The van der Waals surface area contributed by atoms with E-state index in [2.05, 4.69) is 0 Å². The molecule has 0 N–H and O–H groups in total. The van der Waals surface area contributed by atoms with Gasteiger partial charge >= 0.3 is 0 Å². The van der Waals surface area contributed by atoms with Crippen LogP contribution >= 0.6 is 11.8 Å². The standard InChI is InChI=1S/C13H22OS/c14-12(13-7-3-4-10-15-13)9-8-11-5-1-2-6-11/h11,13H,1-10H2. The molecule has 0 amide bonds. The van der Waals surface area contributed by atoms with Gasteiger partial charge in [-0.05, 0) is 30.9 Å². The molecule has 0 bridgehead atoms. The second kappa shape index (κ2) is 5.93. The van der Waals surface area contributed by atoms with Crippen LogP contribution in [0.15, 0.2) is 0 Å². The van der Waals surface area contributed by atoms with Gasteiger partial charge in [-0.1, -0.05) is 32.1 Å². The molecular formula is C13H22OS. The summed E-state index contributed by atoms with van der Waals surface area (Å²) in [5.41, 5.74) is 0. The molecule has 0 aromatic rings. The van der Waals surface area contributed by atoms with Crippen molar-refractivity contribution in [3.05, 3.63) is 0 Å². The van der Waals surface area contributed by atoms with E-state index in [1.54, 1.807) is 0 Å². The zero-order chi connectivity index (χ0) is 10.5. The quantitative estimate of drug-likeness (QED) is 0.725.